The van der Waals surface area contributed by atoms with Crippen molar-refractivity contribution in [1.82, 2.24) is 15.2 Å². The Kier molecular flexibility index (Phi) is 5.54. The van der Waals surface area contributed by atoms with Gasteiger partial charge in [0.15, 0.2) is 0 Å². The van der Waals surface area contributed by atoms with E-state index in [0.717, 1.165) is 44.5 Å². The summed E-state index contributed by atoms with van der Waals surface area (Å²) in [5, 5.41) is 4.54. The molecule has 0 aliphatic carbocycles. The summed E-state index contributed by atoms with van der Waals surface area (Å²) in [6.45, 7) is 8.44. The van der Waals surface area contributed by atoms with Gasteiger partial charge < -0.3 is 15.1 Å². The van der Waals surface area contributed by atoms with E-state index in [-0.39, 0.29) is 11.9 Å². The molecule has 3 unspecified atom stereocenters. The van der Waals surface area contributed by atoms with Crippen LogP contribution in [0.5, 0.6) is 0 Å². The molecule has 3 heterocycles. The number of benzene rings is 1. The number of rotatable bonds is 4. The molecule has 2 fully saturated rings. The van der Waals surface area contributed by atoms with Gasteiger partial charge in [0, 0.05) is 49.4 Å². The van der Waals surface area contributed by atoms with Gasteiger partial charge in [-0.15, -0.1) is 0 Å². The van der Waals surface area contributed by atoms with Gasteiger partial charge in [-0.2, -0.15) is 0 Å². The molecule has 28 heavy (non-hydrogen) atoms. The smallest absolute Gasteiger partial charge is 0.220 e. The predicted octanol–water partition coefficient (Wildman–Crippen LogP) is 3.22. The van der Waals surface area contributed by atoms with Crippen molar-refractivity contribution < 1.29 is 4.79 Å². The molecule has 1 aromatic carbocycles. The van der Waals surface area contributed by atoms with Gasteiger partial charge >= 0.3 is 0 Å². The molecule has 4 rings (SSSR count). The molecule has 150 valence electrons. The Bertz CT molecular complexity index is 852. The summed E-state index contributed by atoms with van der Waals surface area (Å²) in [5.74, 6) is 1.27. The van der Waals surface area contributed by atoms with E-state index in [9.17, 15) is 4.79 Å². The number of fused-ring (bicyclic) bond motifs is 1. The molecule has 2 saturated heterocycles. The number of carbonyl (C=O) groups excluding carboxylic acids is 1. The number of aryl methyl sites for hydroxylation is 1. The molecule has 0 bridgehead atoms. The molecule has 1 N–H and O–H groups in total. The van der Waals surface area contributed by atoms with E-state index in [2.05, 4.69) is 59.2 Å². The van der Waals surface area contributed by atoms with E-state index in [0.29, 0.717) is 18.3 Å². The zero-order valence-electron chi connectivity index (χ0n) is 17.3. The topological polar surface area (TPSA) is 48.5 Å². The van der Waals surface area contributed by atoms with Crippen molar-refractivity contribution in [3.8, 4) is 0 Å². The van der Waals surface area contributed by atoms with Crippen LogP contribution in [0, 0.1) is 18.8 Å². The van der Waals surface area contributed by atoms with Crippen molar-refractivity contribution in [1.29, 1.82) is 0 Å². The maximum absolute atomic E-state index is 12.6. The third-order valence-corrected chi connectivity index (χ3v) is 6.28. The summed E-state index contributed by atoms with van der Waals surface area (Å²) in [7, 11) is 2.14. The summed E-state index contributed by atoms with van der Waals surface area (Å²) in [4.78, 5) is 22.0. The van der Waals surface area contributed by atoms with Crippen LogP contribution < -0.4 is 10.2 Å². The molecular formula is C23H32N4O. The molecule has 1 amide bonds. The number of nitrogens with zero attached hydrogens (tertiary/aromatic N) is 3. The Morgan fingerprint density at radius 1 is 1.25 bits per heavy atom. The first kappa shape index (κ1) is 19.2. The van der Waals surface area contributed by atoms with Gasteiger partial charge in [-0.1, -0.05) is 13.0 Å². The van der Waals surface area contributed by atoms with Gasteiger partial charge in [-0.3, -0.25) is 9.78 Å². The number of hydrogen-bond acceptors (Lipinski definition) is 4. The van der Waals surface area contributed by atoms with Gasteiger partial charge in [-0.25, -0.2) is 0 Å². The molecule has 5 nitrogen and oxygen atoms in total. The molecule has 3 atom stereocenters. The lowest BCUT2D eigenvalue weighted by Crippen LogP contribution is -2.50. The lowest BCUT2D eigenvalue weighted by Gasteiger charge is -2.39. The Morgan fingerprint density at radius 3 is 2.89 bits per heavy atom. The van der Waals surface area contributed by atoms with Crippen LogP contribution in [-0.2, 0) is 4.79 Å². The average molecular weight is 381 g/mol. The van der Waals surface area contributed by atoms with Crippen LogP contribution in [0.2, 0.25) is 0 Å². The average Bonchev–Trinajstić information content (AvgIpc) is 3.06. The number of piperidine rings is 1. The second-order valence-corrected chi connectivity index (χ2v) is 8.93. The van der Waals surface area contributed by atoms with Crippen LogP contribution in [0.1, 0.15) is 31.7 Å². The fourth-order valence-corrected chi connectivity index (χ4v) is 4.97. The number of pyridine rings is 1. The number of nitrogens with one attached hydrogen (secondary N) is 1. The van der Waals surface area contributed by atoms with Crippen molar-refractivity contribution in [2.75, 3.05) is 38.1 Å². The van der Waals surface area contributed by atoms with E-state index in [1.54, 1.807) is 0 Å². The standard InChI is InChI=1S/C23H32N4O/c1-16-11-19(25-22(28)12-18-8-10-26(3)14-18)15-27(13-16)21-7-6-17(2)23-20(21)5-4-9-24-23/h4-7,9,16,18-19H,8,10-15H2,1-3H3,(H,25,28). The van der Waals surface area contributed by atoms with Crippen LogP contribution in [0.25, 0.3) is 10.9 Å². The Morgan fingerprint density at radius 2 is 2.11 bits per heavy atom. The number of aromatic nitrogens is 1. The second-order valence-electron chi connectivity index (χ2n) is 8.93. The summed E-state index contributed by atoms with van der Waals surface area (Å²) < 4.78 is 0. The normalized spacial score (nSPS) is 26.0. The van der Waals surface area contributed by atoms with Gasteiger partial charge in [0.05, 0.1) is 5.52 Å². The van der Waals surface area contributed by atoms with E-state index in [4.69, 9.17) is 0 Å². The maximum Gasteiger partial charge on any atom is 0.220 e. The van der Waals surface area contributed by atoms with E-state index in [1.165, 1.54) is 16.6 Å². The Labute approximate surface area is 168 Å². The highest BCUT2D eigenvalue weighted by molar-refractivity contribution is 5.93. The largest absolute Gasteiger partial charge is 0.369 e. The Balaban J connectivity index is 1.47. The van der Waals surface area contributed by atoms with Crippen LogP contribution in [0.15, 0.2) is 30.5 Å². The summed E-state index contributed by atoms with van der Waals surface area (Å²) >= 11 is 0. The SMILES string of the molecule is Cc1ccc(N2CC(C)CC(NC(=O)CC3CCN(C)C3)C2)c2cccnc12. The van der Waals surface area contributed by atoms with Crippen molar-refractivity contribution in [3.05, 3.63) is 36.0 Å². The summed E-state index contributed by atoms with van der Waals surface area (Å²) in [6.07, 6.45) is 4.71. The first-order valence-electron chi connectivity index (χ1n) is 10.6. The molecule has 0 radical (unpaired) electrons. The highest BCUT2D eigenvalue weighted by atomic mass is 16.1. The molecule has 2 aliphatic rings. The highest BCUT2D eigenvalue weighted by Crippen LogP contribution is 2.31. The zero-order valence-corrected chi connectivity index (χ0v) is 17.3. The molecular weight excluding hydrogens is 348 g/mol. The van der Waals surface area contributed by atoms with Crippen LogP contribution in [0.4, 0.5) is 5.69 Å². The van der Waals surface area contributed by atoms with Crippen molar-refractivity contribution in [2.24, 2.45) is 11.8 Å². The number of carbonyl (C=O) groups is 1. The fourth-order valence-electron chi connectivity index (χ4n) is 4.97. The fraction of sp³-hybridized carbons (Fsp3) is 0.565. The number of hydrogen-bond donors (Lipinski definition) is 1. The second kappa shape index (κ2) is 8.08. The molecule has 2 aromatic rings. The summed E-state index contributed by atoms with van der Waals surface area (Å²) in [5.41, 5.74) is 3.51. The monoisotopic (exact) mass is 380 g/mol. The predicted molar refractivity (Wildman–Crippen MR) is 115 cm³/mol. The lowest BCUT2D eigenvalue weighted by atomic mass is 9.94. The van der Waals surface area contributed by atoms with Crippen molar-refractivity contribution in [2.45, 2.75) is 39.2 Å². The third kappa shape index (κ3) is 4.14. The highest BCUT2D eigenvalue weighted by Gasteiger charge is 2.28. The van der Waals surface area contributed by atoms with Gasteiger partial charge in [0.1, 0.15) is 0 Å². The lowest BCUT2D eigenvalue weighted by molar-refractivity contribution is -0.122. The van der Waals surface area contributed by atoms with Gasteiger partial charge in [0.2, 0.25) is 5.91 Å². The first-order valence-corrected chi connectivity index (χ1v) is 10.6. The number of anilines is 1. The molecule has 2 aliphatic heterocycles. The van der Waals surface area contributed by atoms with Crippen LogP contribution in [0.3, 0.4) is 0 Å². The summed E-state index contributed by atoms with van der Waals surface area (Å²) in [6, 6.07) is 8.76. The van der Waals surface area contributed by atoms with Crippen LogP contribution >= 0.6 is 0 Å². The van der Waals surface area contributed by atoms with Gasteiger partial charge in [-0.05, 0) is 69.0 Å². The van der Waals surface area contributed by atoms with Crippen molar-refractivity contribution in [3.63, 3.8) is 0 Å². The first-order chi connectivity index (χ1) is 13.5. The molecule has 0 saturated carbocycles. The minimum absolute atomic E-state index is 0.211. The molecule has 5 heteroatoms. The third-order valence-electron chi connectivity index (χ3n) is 6.28. The number of amides is 1. The van der Waals surface area contributed by atoms with Crippen molar-refractivity contribution >= 4 is 22.5 Å². The number of likely N-dealkylation sites (tertiary alicyclic amines) is 1. The zero-order chi connectivity index (χ0) is 19.7. The van der Waals surface area contributed by atoms with Gasteiger partial charge in [0.25, 0.3) is 0 Å². The molecule has 0 spiro atoms. The van der Waals surface area contributed by atoms with E-state index < -0.39 is 0 Å². The molecule has 1 aromatic heterocycles. The maximum atomic E-state index is 12.6. The minimum atomic E-state index is 0.211. The Hall–Kier alpha value is -2.14. The quantitative estimate of drug-likeness (QED) is 0.885. The van der Waals surface area contributed by atoms with E-state index in [1.807, 2.05) is 12.3 Å². The van der Waals surface area contributed by atoms with E-state index >= 15 is 0 Å². The van der Waals surface area contributed by atoms with Crippen LogP contribution in [-0.4, -0.2) is 55.1 Å². The minimum Gasteiger partial charge on any atom is -0.369 e.